The summed E-state index contributed by atoms with van der Waals surface area (Å²) in [7, 11) is -3.55. The van der Waals surface area contributed by atoms with Gasteiger partial charge in [-0.15, -0.1) is 12.4 Å². The normalized spacial score (nSPS) is 24.0. The molecule has 1 heterocycles. The van der Waals surface area contributed by atoms with Gasteiger partial charge in [0.25, 0.3) is 10.0 Å². The smallest absolute Gasteiger partial charge is 0.261 e. The minimum atomic E-state index is -3.55. The van der Waals surface area contributed by atoms with Gasteiger partial charge in [-0.3, -0.25) is 4.72 Å². The van der Waals surface area contributed by atoms with Crippen LogP contribution in [0.5, 0.6) is 0 Å². The molecule has 0 aromatic heterocycles. The zero-order valence-electron chi connectivity index (χ0n) is 15.0. The molecule has 2 aliphatic rings. The quantitative estimate of drug-likeness (QED) is 0.811. The highest BCUT2D eigenvalue weighted by molar-refractivity contribution is 7.92. The topological polar surface area (TPSA) is 58.2 Å². The number of benzene rings is 2. The third kappa shape index (κ3) is 3.36. The van der Waals surface area contributed by atoms with Gasteiger partial charge in [-0.1, -0.05) is 38.1 Å². The summed E-state index contributed by atoms with van der Waals surface area (Å²) in [6.07, 6.45) is 1.24. The van der Waals surface area contributed by atoms with Crippen molar-refractivity contribution in [2.45, 2.75) is 36.5 Å². The van der Waals surface area contributed by atoms with E-state index in [4.69, 9.17) is 0 Å². The Balaban J connectivity index is 0.00000196. The molecule has 140 valence electrons. The molecular formula is C20H25ClN2O2S. The molecule has 1 unspecified atom stereocenters. The van der Waals surface area contributed by atoms with Gasteiger partial charge in [0.15, 0.2) is 0 Å². The first-order chi connectivity index (χ1) is 11.9. The minimum absolute atomic E-state index is 0. The Morgan fingerprint density at radius 2 is 1.73 bits per heavy atom. The SMILES string of the molecule is CC(C)c1ccc(S(=O)(=O)Nc2ccc(C34CNC[C@H]3C4)cc2)cc1.Cl. The van der Waals surface area contributed by atoms with Crippen molar-refractivity contribution in [1.29, 1.82) is 0 Å². The average Bonchev–Trinajstić information content (AvgIpc) is 3.16. The largest absolute Gasteiger partial charge is 0.316 e. The second-order valence-corrected chi connectivity index (χ2v) is 9.28. The monoisotopic (exact) mass is 392 g/mol. The van der Waals surface area contributed by atoms with Crippen LogP contribution in [0.4, 0.5) is 5.69 Å². The summed E-state index contributed by atoms with van der Waals surface area (Å²) in [4.78, 5) is 0.293. The lowest BCUT2D eigenvalue weighted by Crippen LogP contribution is -2.19. The highest BCUT2D eigenvalue weighted by Crippen LogP contribution is 2.56. The fraction of sp³-hybridized carbons (Fsp3) is 0.400. The summed E-state index contributed by atoms with van der Waals surface area (Å²) in [5, 5.41) is 3.44. The lowest BCUT2D eigenvalue weighted by atomic mass is 9.95. The standard InChI is InChI=1S/C20H24N2O2S.ClH/c1-14(2)15-3-9-19(10-4-15)25(23,24)22-18-7-5-16(6-8-18)20-11-17(20)12-21-13-20;/h3-10,14,17,21-22H,11-13H2,1-2H3;1H/t17-,20?;/m1./s1. The van der Waals surface area contributed by atoms with Crippen molar-refractivity contribution in [3.05, 3.63) is 59.7 Å². The fourth-order valence-corrected chi connectivity index (χ4v) is 4.96. The number of piperidine rings is 1. The van der Waals surface area contributed by atoms with E-state index in [1.807, 2.05) is 24.3 Å². The fourth-order valence-electron chi connectivity index (χ4n) is 3.91. The van der Waals surface area contributed by atoms with Crippen molar-refractivity contribution >= 4 is 28.1 Å². The van der Waals surface area contributed by atoms with Crippen LogP contribution in [0.1, 0.15) is 37.3 Å². The van der Waals surface area contributed by atoms with E-state index in [1.165, 1.54) is 12.0 Å². The molecule has 0 bridgehead atoms. The lowest BCUT2D eigenvalue weighted by Gasteiger charge is -2.14. The van der Waals surface area contributed by atoms with Crippen LogP contribution in [-0.4, -0.2) is 21.5 Å². The molecule has 0 spiro atoms. The van der Waals surface area contributed by atoms with Gasteiger partial charge in [0.2, 0.25) is 0 Å². The van der Waals surface area contributed by atoms with Gasteiger partial charge in [0.05, 0.1) is 4.90 Å². The van der Waals surface area contributed by atoms with E-state index < -0.39 is 10.0 Å². The maximum absolute atomic E-state index is 12.6. The molecule has 2 fully saturated rings. The predicted molar refractivity (Wildman–Crippen MR) is 108 cm³/mol. The zero-order valence-corrected chi connectivity index (χ0v) is 16.7. The summed E-state index contributed by atoms with van der Waals surface area (Å²) < 4.78 is 27.8. The summed E-state index contributed by atoms with van der Waals surface area (Å²) in [5.74, 6) is 1.13. The highest BCUT2D eigenvalue weighted by Gasteiger charge is 2.57. The van der Waals surface area contributed by atoms with Crippen molar-refractivity contribution < 1.29 is 8.42 Å². The van der Waals surface area contributed by atoms with Gasteiger partial charge in [0, 0.05) is 17.6 Å². The maximum atomic E-state index is 12.6. The molecule has 4 nitrogen and oxygen atoms in total. The minimum Gasteiger partial charge on any atom is -0.316 e. The molecule has 0 amide bonds. The Hall–Kier alpha value is -1.56. The number of rotatable bonds is 5. The summed E-state index contributed by atoms with van der Waals surface area (Å²) in [5.41, 5.74) is 3.35. The molecule has 0 radical (unpaired) electrons. The molecular weight excluding hydrogens is 368 g/mol. The van der Waals surface area contributed by atoms with E-state index in [0.717, 1.165) is 24.6 Å². The van der Waals surface area contributed by atoms with Crippen molar-refractivity contribution in [2.75, 3.05) is 17.8 Å². The van der Waals surface area contributed by atoms with E-state index >= 15 is 0 Å². The van der Waals surface area contributed by atoms with E-state index in [1.54, 1.807) is 12.1 Å². The number of nitrogens with one attached hydrogen (secondary N) is 2. The van der Waals surface area contributed by atoms with Crippen LogP contribution in [-0.2, 0) is 15.4 Å². The van der Waals surface area contributed by atoms with Gasteiger partial charge in [-0.05, 0) is 60.2 Å². The van der Waals surface area contributed by atoms with Gasteiger partial charge in [-0.2, -0.15) is 0 Å². The molecule has 4 rings (SSSR count). The Labute approximate surface area is 161 Å². The number of anilines is 1. The van der Waals surface area contributed by atoms with E-state index in [9.17, 15) is 8.42 Å². The van der Waals surface area contributed by atoms with Crippen molar-refractivity contribution in [3.8, 4) is 0 Å². The maximum Gasteiger partial charge on any atom is 0.261 e. The zero-order chi connectivity index (χ0) is 17.7. The van der Waals surface area contributed by atoms with Crippen LogP contribution >= 0.6 is 12.4 Å². The van der Waals surface area contributed by atoms with Gasteiger partial charge in [-0.25, -0.2) is 8.42 Å². The predicted octanol–water partition coefficient (Wildman–Crippen LogP) is 3.89. The van der Waals surface area contributed by atoms with Crippen molar-refractivity contribution in [1.82, 2.24) is 5.32 Å². The molecule has 1 aliphatic heterocycles. The lowest BCUT2D eigenvalue weighted by molar-refractivity contribution is 0.601. The third-order valence-electron chi connectivity index (χ3n) is 5.63. The van der Waals surface area contributed by atoms with Gasteiger partial charge in [0.1, 0.15) is 0 Å². The van der Waals surface area contributed by atoms with E-state index in [0.29, 0.717) is 21.9 Å². The molecule has 2 aromatic carbocycles. The number of hydrogen-bond donors (Lipinski definition) is 2. The number of sulfonamides is 1. The van der Waals surface area contributed by atoms with Crippen LogP contribution in [0.3, 0.4) is 0 Å². The average molecular weight is 393 g/mol. The molecule has 1 saturated carbocycles. The van der Waals surface area contributed by atoms with Gasteiger partial charge < -0.3 is 5.32 Å². The molecule has 2 aromatic rings. The first-order valence-electron chi connectivity index (χ1n) is 8.85. The van der Waals surface area contributed by atoms with Crippen LogP contribution in [0.25, 0.3) is 0 Å². The molecule has 26 heavy (non-hydrogen) atoms. The van der Waals surface area contributed by atoms with Crippen LogP contribution in [0, 0.1) is 5.92 Å². The second kappa shape index (κ2) is 6.87. The Morgan fingerprint density at radius 3 is 2.23 bits per heavy atom. The second-order valence-electron chi connectivity index (χ2n) is 7.59. The molecule has 2 atom stereocenters. The first kappa shape index (κ1) is 19.2. The summed E-state index contributed by atoms with van der Waals surface area (Å²) in [6.45, 7) is 6.31. The number of hydrogen-bond acceptors (Lipinski definition) is 3. The number of halogens is 1. The first-order valence-corrected chi connectivity index (χ1v) is 10.3. The van der Waals surface area contributed by atoms with Crippen LogP contribution < -0.4 is 10.0 Å². The number of fused-ring (bicyclic) bond motifs is 1. The van der Waals surface area contributed by atoms with Crippen molar-refractivity contribution in [2.24, 2.45) is 5.92 Å². The van der Waals surface area contributed by atoms with E-state index in [2.05, 4.69) is 36.0 Å². The molecule has 2 N–H and O–H groups in total. The Morgan fingerprint density at radius 1 is 1.08 bits per heavy atom. The Bertz CT molecular complexity index is 879. The van der Waals surface area contributed by atoms with Crippen LogP contribution in [0.2, 0.25) is 0 Å². The highest BCUT2D eigenvalue weighted by atomic mass is 35.5. The van der Waals surface area contributed by atoms with E-state index in [-0.39, 0.29) is 12.4 Å². The Kier molecular flexibility index (Phi) is 5.08. The van der Waals surface area contributed by atoms with Gasteiger partial charge >= 0.3 is 0 Å². The summed E-state index contributed by atoms with van der Waals surface area (Å²) >= 11 is 0. The van der Waals surface area contributed by atoms with Crippen molar-refractivity contribution in [3.63, 3.8) is 0 Å². The molecule has 1 saturated heterocycles. The summed E-state index contributed by atoms with van der Waals surface area (Å²) in [6, 6.07) is 15.0. The molecule has 1 aliphatic carbocycles. The molecule has 6 heteroatoms. The third-order valence-corrected chi connectivity index (χ3v) is 7.03. The van der Waals surface area contributed by atoms with Crippen LogP contribution in [0.15, 0.2) is 53.4 Å².